The number of hydrogen-bond acceptors (Lipinski definition) is 2. The van der Waals surface area contributed by atoms with Gasteiger partial charge in [0.05, 0.1) is 0 Å². The van der Waals surface area contributed by atoms with Gasteiger partial charge in [0.2, 0.25) is 0 Å². The van der Waals surface area contributed by atoms with E-state index in [0.717, 1.165) is 10.8 Å². The third-order valence-corrected chi connectivity index (χ3v) is 4.47. The van der Waals surface area contributed by atoms with Gasteiger partial charge in [0.1, 0.15) is 0 Å². The molecule has 0 aliphatic heterocycles. The van der Waals surface area contributed by atoms with Gasteiger partial charge in [-0.3, -0.25) is 9.59 Å². The normalized spacial score (nSPS) is 10.4. The van der Waals surface area contributed by atoms with Gasteiger partial charge < -0.3 is 10.6 Å². The average molecular weight is 366 g/mol. The number of anilines is 2. The van der Waals surface area contributed by atoms with Gasteiger partial charge in [0.25, 0.3) is 11.8 Å². The van der Waals surface area contributed by atoms with Gasteiger partial charge in [-0.05, 0) is 53.2 Å². The second-order valence-electron chi connectivity index (χ2n) is 6.38. The molecule has 2 amide bonds. The van der Waals surface area contributed by atoms with Gasteiger partial charge in [-0.25, -0.2) is 0 Å². The maximum atomic E-state index is 12.7. The summed E-state index contributed by atoms with van der Waals surface area (Å²) in [6.07, 6.45) is 0. The average Bonchev–Trinajstić information content (AvgIpc) is 2.75. The van der Waals surface area contributed by atoms with E-state index in [0.29, 0.717) is 22.5 Å². The van der Waals surface area contributed by atoms with Crippen LogP contribution in [0.3, 0.4) is 0 Å². The zero-order valence-corrected chi connectivity index (χ0v) is 15.1. The minimum Gasteiger partial charge on any atom is -0.322 e. The Labute approximate surface area is 162 Å². The second kappa shape index (κ2) is 7.76. The van der Waals surface area contributed by atoms with Crippen molar-refractivity contribution in [3.05, 3.63) is 108 Å². The lowest BCUT2D eigenvalue weighted by atomic mass is 10.0. The first-order chi connectivity index (χ1) is 13.7. The molecule has 4 rings (SSSR count). The molecule has 0 bridgehead atoms. The van der Waals surface area contributed by atoms with Crippen LogP contribution in [0.4, 0.5) is 11.4 Å². The van der Waals surface area contributed by atoms with E-state index in [9.17, 15) is 9.59 Å². The molecule has 0 radical (unpaired) electrons. The third kappa shape index (κ3) is 3.76. The molecule has 0 aliphatic carbocycles. The monoisotopic (exact) mass is 366 g/mol. The molecule has 4 aromatic rings. The third-order valence-electron chi connectivity index (χ3n) is 4.47. The van der Waals surface area contributed by atoms with E-state index in [1.165, 1.54) is 0 Å². The molecule has 0 aromatic heterocycles. The molecule has 28 heavy (non-hydrogen) atoms. The maximum absolute atomic E-state index is 12.7. The molecular formula is C24H18N2O2. The number of amides is 2. The summed E-state index contributed by atoms with van der Waals surface area (Å²) in [6.45, 7) is 0. The Bertz CT molecular complexity index is 1130. The molecule has 0 unspecified atom stereocenters. The quantitative estimate of drug-likeness (QED) is 0.512. The van der Waals surface area contributed by atoms with Crippen molar-refractivity contribution in [1.82, 2.24) is 0 Å². The highest BCUT2D eigenvalue weighted by Crippen LogP contribution is 2.21. The summed E-state index contributed by atoms with van der Waals surface area (Å²) in [5.41, 5.74) is 2.54. The lowest BCUT2D eigenvalue weighted by Crippen LogP contribution is -2.13. The van der Waals surface area contributed by atoms with Crippen molar-refractivity contribution in [2.24, 2.45) is 0 Å². The highest BCUT2D eigenvalue weighted by molar-refractivity contribution is 6.13. The van der Waals surface area contributed by atoms with Gasteiger partial charge in [-0.15, -0.1) is 0 Å². The van der Waals surface area contributed by atoms with Crippen LogP contribution in [0.1, 0.15) is 20.7 Å². The van der Waals surface area contributed by atoms with E-state index in [2.05, 4.69) is 10.6 Å². The number of benzene rings is 4. The number of carbonyl (C=O) groups is 2. The number of carbonyl (C=O) groups excluding carboxylic acids is 2. The molecule has 0 atom stereocenters. The van der Waals surface area contributed by atoms with E-state index in [-0.39, 0.29) is 11.8 Å². The smallest absolute Gasteiger partial charge is 0.256 e. The number of nitrogens with one attached hydrogen (secondary N) is 2. The van der Waals surface area contributed by atoms with Crippen LogP contribution >= 0.6 is 0 Å². The van der Waals surface area contributed by atoms with Gasteiger partial charge in [0, 0.05) is 22.5 Å². The van der Waals surface area contributed by atoms with E-state index in [4.69, 9.17) is 0 Å². The predicted molar refractivity (Wildman–Crippen MR) is 113 cm³/mol. The number of rotatable bonds is 4. The molecule has 0 spiro atoms. The highest BCUT2D eigenvalue weighted by Gasteiger charge is 2.10. The van der Waals surface area contributed by atoms with Crippen LogP contribution in [-0.2, 0) is 0 Å². The molecule has 4 aromatic carbocycles. The van der Waals surface area contributed by atoms with Crippen molar-refractivity contribution in [1.29, 1.82) is 0 Å². The van der Waals surface area contributed by atoms with E-state index in [1.54, 1.807) is 36.4 Å². The summed E-state index contributed by atoms with van der Waals surface area (Å²) >= 11 is 0. The fourth-order valence-corrected chi connectivity index (χ4v) is 3.05. The molecule has 4 nitrogen and oxygen atoms in total. The molecule has 0 saturated carbocycles. The lowest BCUT2D eigenvalue weighted by molar-refractivity contribution is 0.101. The van der Waals surface area contributed by atoms with Gasteiger partial charge in [0.15, 0.2) is 0 Å². The summed E-state index contributed by atoms with van der Waals surface area (Å²) < 4.78 is 0. The van der Waals surface area contributed by atoms with Crippen LogP contribution in [0.2, 0.25) is 0 Å². The van der Waals surface area contributed by atoms with E-state index >= 15 is 0 Å². The molecular weight excluding hydrogens is 348 g/mol. The predicted octanol–water partition coefficient (Wildman–Crippen LogP) is 5.34. The van der Waals surface area contributed by atoms with Crippen LogP contribution in [0.25, 0.3) is 10.8 Å². The topological polar surface area (TPSA) is 58.2 Å². The standard InChI is InChI=1S/C24H18N2O2/c27-23(18-8-2-1-3-9-18)25-19-13-15-20(16-14-19)26-24(28)22-12-6-10-17-7-4-5-11-21(17)22/h1-16H,(H,25,27)(H,26,28). The molecule has 136 valence electrons. The van der Waals surface area contributed by atoms with Crippen LogP contribution < -0.4 is 10.6 Å². The van der Waals surface area contributed by atoms with Gasteiger partial charge in [-0.1, -0.05) is 54.6 Å². The molecule has 0 aliphatic rings. The Balaban J connectivity index is 1.47. The van der Waals surface area contributed by atoms with E-state index < -0.39 is 0 Å². The largest absolute Gasteiger partial charge is 0.322 e. The minimum atomic E-state index is -0.173. The van der Waals surface area contributed by atoms with Crippen LogP contribution in [0, 0.1) is 0 Å². The van der Waals surface area contributed by atoms with Gasteiger partial charge >= 0.3 is 0 Å². The van der Waals surface area contributed by atoms with Crippen molar-refractivity contribution in [2.45, 2.75) is 0 Å². The fourth-order valence-electron chi connectivity index (χ4n) is 3.05. The second-order valence-corrected chi connectivity index (χ2v) is 6.38. The Hall–Kier alpha value is -3.92. The SMILES string of the molecule is O=C(Nc1ccc(NC(=O)c2cccc3ccccc23)cc1)c1ccccc1. The number of hydrogen-bond donors (Lipinski definition) is 2. The molecule has 4 heteroatoms. The van der Waals surface area contributed by atoms with Crippen molar-refractivity contribution in [2.75, 3.05) is 10.6 Å². The Morgan fingerprint density at radius 3 is 1.82 bits per heavy atom. The van der Waals surface area contributed by atoms with Crippen molar-refractivity contribution in [3.8, 4) is 0 Å². The summed E-state index contributed by atoms with van der Waals surface area (Å²) in [4.78, 5) is 24.9. The molecule has 0 fully saturated rings. The Kier molecular flexibility index (Phi) is 4.85. The Morgan fingerprint density at radius 2 is 1.11 bits per heavy atom. The molecule has 0 saturated heterocycles. The zero-order chi connectivity index (χ0) is 19.3. The molecule has 2 N–H and O–H groups in total. The summed E-state index contributed by atoms with van der Waals surface area (Å²) in [7, 11) is 0. The first-order valence-electron chi connectivity index (χ1n) is 8.96. The summed E-state index contributed by atoms with van der Waals surface area (Å²) in [5.74, 6) is -0.342. The minimum absolute atomic E-state index is 0.169. The van der Waals surface area contributed by atoms with Crippen molar-refractivity contribution >= 4 is 34.0 Å². The van der Waals surface area contributed by atoms with Crippen LogP contribution in [-0.4, -0.2) is 11.8 Å². The maximum Gasteiger partial charge on any atom is 0.256 e. The van der Waals surface area contributed by atoms with Gasteiger partial charge in [-0.2, -0.15) is 0 Å². The van der Waals surface area contributed by atoms with E-state index in [1.807, 2.05) is 60.7 Å². The lowest BCUT2D eigenvalue weighted by Gasteiger charge is -2.10. The van der Waals surface area contributed by atoms with Crippen LogP contribution in [0.5, 0.6) is 0 Å². The van der Waals surface area contributed by atoms with Crippen molar-refractivity contribution in [3.63, 3.8) is 0 Å². The Morgan fingerprint density at radius 1 is 0.536 bits per heavy atom. The van der Waals surface area contributed by atoms with Crippen LogP contribution in [0.15, 0.2) is 97.1 Å². The zero-order valence-electron chi connectivity index (χ0n) is 15.1. The first kappa shape index (κ1) is 17.5. The summed E-state index contributed by atoms with van der Waals surface area (Å²) in [5, 5.41) is 7.69. The molecule has 0 heterocycles. The fraction of sp³-hybridized carbons (Fsp3) is 0. The highest BCUT2D eigenvalue weighted by atomic mass is 16.2. The van der Waals surface area contributed by atoms with Crippen molar-refractivity contribution < 1.29 is 9.59 Å². The number of fused-ring (bicyclic) bond motifs is 1. The summed E-state index contributed by atoms with van der Waals surface area (Å²) in [6, 6.07) is 29.5. The first-order valence-corrected chi connectivity index (χ1v) is 8.96.